The molecule has 0 aromatic carbocycles. The van der Waals surface area contributed by atoms with Crippen LogP contribution in [0.2, 0.25) is 0 Å². The molecule has 3 N–H and O–H groups in total. The van der Waals surface area contributed by atoms with E-state index < -0.39 is 0 Å². The van der Waals surface area contributed by atoms with Crippen molar-refractivity contribution in [3.05, 3.63) is 58.8 Å². The van der Waals surface area contributed by atoms with Crippen molar-refractivity contribution >= 4 is 5.82 Å². The van der Waals surface area contributed by atoms with Gasteiger partial charge in [-0.25, -0.2) is 15.0 Å². The number of nitrogens with one attached hydrogen (secondary N) is 1. The van der Waals surface area contributed by atoms with Crippen LogP contribution in [-0.4, -0.2) is 42.5 Å². The average Bonchev–Trinajstić information content (AvgIpc) is 3.15. The van der Waals surface area contributed by atoms with Crippen LogP contribution in [0.1, 0.15) is 23.9 Å². The van der Waals surface area contributed by atoms with E-state index in [1.807, 2.05) is 10.8 Å². The van der Waals surface area contributed by atoms with Crippen molar-refractivity contribution in [1.29, 1.82) is 0 Å². The van der Waals surface area contributed by atoms with Crippen LogP contribution >= 0.6 is 0 Å². The monoisotopic (exact) mass is 363 g/mol. The highest BCUT2D eigenvalue weighted by Crippen LogP contribution is 2.36. The fraction of sp³-hybridized carbons (Fsp3) is 0.368. The van der Waals surface area contributed by atoms with Crippen molar-refractivity contribution < 1.29 is 0 Å². The van der Waals surface area contributed by atoms with Gasteiger partial charge in [0.05, 0.1) is 12.2 Å². The standard InChI is InChI=1S/C19H21N7O/c20-17-6-15(23-11-24-17)13-4-16-14-3-12(8-26(16)19(27)5-13)7-25(9-14)10-18-21-1-2-22-18/h1-2,4-6,11-12,14H,3,7-10H2,(H,21,22)(H2,20,23,24)/t12-,14+/m0/s1. The highest BCUT2D eigenvalue weighted by Gasteiger charge is 2.35. The highest BCUT2D eigenvalue weighted by molar-refractivity contribution is 5.61. The summed E-state index contributed by atoms with van der Waals surface area (Å²) in [5.41, 5.74) is 8.41. The lowest BCUT2D eigenvalue weighted by Crippen LogP contribution is -2.46. The summed E-state index contributed by atoms with van der Waals surface area (Å²) in [6.45, 7) is 3.50. The number of pyridine rings is 1. The minimum atomic E-state index is 0.0360. The number of piperidine rings is 1. The number of H-pyrrole nitrogens is 1. The van der Waals surface area contributed by atoms with Gasteiger partial charge in [0.2, 0.25) is 0 Å². The van der Waals surface area contributed by atoms with Gasteiger partial charge in [-0.3, -0.25) is 9.69 Å². The van der Waals surface area contributed by atoms with Crippen molar-refractivity contribution in [3.63, 3.8) is 0 Å². The third-order valence-corrected chi connectivity index (χ3v) is 5.54. The normalized spacial score (nSPS) is 21.8. The van der Waals surface area contributed by atoms with Crippen molar-refractivity contribution in [2.75, 3.05) is 18.8 Å². The molecule has 3 aromatic heterocycles. The van der Waals surface area contributed by atoms with E-state index in [1.165, 1.54) is 6.33 Å². The number of aromatic amines is 1. The van der Waals surface area contributed by atoms with Gasteiger partial charge in [0.1, 0.15) is 18.0 Å². The molecule has 5 heterocycles. The molecular weight excluding hydrogens is 342 g/mol. The third kappa shape index (κ3) is 3.02. The van der Waals surface area contributed by atoms with Crippen molar-refractivity contribution in [2.24, 2.45) is 5.92 Å². The molecule has 138 valence electrons. The molecule has 1 fully saturated rings. The van der Waals surface area contributed by atoms with E-state index in [0.29, 0.717) is 23.3 Å². The number of nitrogens with two attached hydrogens (primary N) is 1. The van der Waals surface area contributed by atoms with Crippen LogP contribution in [0.3, 0.4) is 0 Å². The number of aromatic nitrogens is 5. The van der Waals surface area contributed by atoms with Gasteiger partial charge in [-0.05, 0) is 18.4 Å². The fourth-order valence-corrected chi connectivity index (χ4v) is 4.46. The molecule has 8 heteroatoms. The van der Waals surface area contributed by atoms with Crippen molar-refractivity contribution in [3.8, 4) is 11.3 Å². The maximum absolute atomic E-state index is 12.8. The Morgan fingerprint density at radius 1 is 1.15 bits per heavy atom. The first-order valence-corrected chi connectivity index (χ1v) is 9.19. The number of likely N-dealkylation sites (tertiary alicyclic amines) is 1. The van der Waals surface area contributed by atoms with Gasteiger partial charge in [0.25, 0.3) is 5.56 Å². The Balaban J connectivity index is 1.49. The Hall–Kier alpha value is -3.00. The minimum Gasteiger partial charge on any atom is -0.384 e. The van der Waals surface area contributed by atoms with E-state index in [-0.39, 0.29) is 5.56 Å². The maximum Gasteiger partial charge on any atom is 0.251 e. The zero-order valence-corrected chi connectivity index (χ0v) is 14.9. The molecule has 27 heavy (non-hydrogen) atoms. The predicted octanol–water partition coefficient (Wildman–Crippen LogP) is 1.23. The Morgan fingerprint density at radius 3 is 2.89 bits per heavy atom. The summed E-state index contributed by atoms with van der Waals surface area (Å²) in [6, 6.07) is 5.47. The molecule has 5 rings (SSSR count). The summed E-state index contributed by atoms with van der Waals surface area (Å²) in [5.74, 6) is 2.21. The first-order valence-electron chi connectivity index (χ1n) is 9.19. The maximum atomic E-state index is 12.8. The number of hydrogen-bond donors (Lipinski definition) is 2. The van der Waals surface area contributed by atoms with E-state index in [4.69, 9.17) is 5.73 Å². The molecule has 8 nitrogen and oxygen atoms in total. The first-order chi connectivity index (χ1) is 13.2. The molecule has 2 atom stereocenters. The van der Waals surface area contributed by atoms with Crippen LogP contribution in [0, 0.1) is 5.92 Å². The molecule has 1 saturated heterocycles. The van der Waals surface area contributed by atoms with Crippen LogP contribution in [-0.2, 0) is 13.1 Å². The first kappa shape index (κ1) is 16.2. The van der Waals surface area contributed by atoms with Crippen LogP contribution < -0.4 is 11.3 Å². The van der Waals surface area contributed by atoms with Gasteiger partial charge < -0.3 is 15.3 Å². The lowest BCUT2D eigenvalue weighted by Gasteiger charge is -2.42. The SMILES string of the molecule is Nc1cc(-c2cc3n(c(=O)c2)C[C@H]2C[C@@H]3CN(Cc3ncc[nH]3)C2)ncn1. The average molecular weight is 363 g/mol. The van der Waals surface area contributed by atoms with Gasteiger partial charge in [0, 0.05) is 61.3 Å². The molecule has 0 saturated carbocycles. The lowest BCUT2D eigenvalue weighted by molar-refractivity contribution is 0.112. The van der Waals surface area contributed by atoms with Crippen LogP contribution in [0.5, 0.6) is 0 Å². The summed E-state index contributed by atoms with van der Waals surface area (Å²) in [5, 5.41) is 0. The molecule has 0 aliphatic carbocycles. The molecule has 0 amide bonds. The molecular formula is C19H21N7O. The highest BCUT2D eigenvalue weighted by atomic mass is 16.1. The summed E-state index contributed by atoms with van der Waals surface area (Å²) in [6.07, 6.45) is 6.19. The molecule has 2 bridgehead atoms. The Labute approximate surface area is 156 Å². The minimum absolute atomic E-state index is 0.0360. The smallest absolute Gasteiger partial charge is 0.251 e. The van der Waals surface area contributed by atoms with Crippen molar-refractivity contribution in [1.82, 2.24) is 29.4 Å². The lowest BCUT2D eigenvalue weighted by atomic mass is 9.82. The second-order valence-electron chi connectivity index (χ2n) is 7.47. The molecule has 0 unspecified atom stereocenters. The number of nitrogens with zero attached hydrogens (tertiary/aromatic N) is 5. The fourth-order valence-electron chi connectivity index (χ4n) is 4.46. The quantitative estimate of drug-likeness (QED) is 0.725. The number of fused-ring (bicyclic) bond motifs is 4. The Kier molecular flexibility index (Phi) is 3.78. The van der Waals surface area contributed by atoms with Crippen molar-refractivity contribution in [2.45, 2.75) is 25.4 Å². The van der Waals surface area contributed by atoms with Crippen LogP contribution in [0.4, 0.5) is 5.82 Å². The number of hydrogen-bond acceptors (Lipinski definition) is 6. The second-order valence-corrected chi connectivity index (χ2v) is 7.47. The largest absolute Gasteiger partial charge is 0.384 e. The van der Waals surface area contributed by atoms with Gasteiger partial charge in [-0.2, -0.15) is 0 Å². The molecule has 3 aromatic rings. The second kappa shape index (κ2) is 6.31. The Bertz CT molecular complexity index is 1030. The van der Waals surface area contributed by atoms with Gasteiger partial charge in [-0.1, -0.05) is 0 Å². The van der Waals surface area contributed by atoms with E-state index in [0.717, 1.165) is 49.7 Å². The van der Waals surface area contributed by atoms with E-state index in [2.05, 4.69) is 30.9 Å². The molecule has 0 radical (unpaired) electrons. The van der Waals surface area contributed by atoms with Gasteiger partial charge >= 0.3 is 0 Å². The van der Waals surface area contributed by atoms with Crippen LogP contribution in [0.25, 0.3) is 11.3 Å². The molecule has 2 aliphatic rings. The van der Waals surface area contributed by atoms with Gasteiger partial charge in [0.15, 0.2) is 0 Å². The third-order valence-electron chi connectivity index (χ3n) is 5.54. The molecule has 2 aliphatic heterocycles. The number of nitrogen functional groups attached to an aromatic ring is 1. The zero-order valence-electron chi connectivity index (χ0n) is 14.9. The van der Waals surface area contributed by atoms with E-state index >= 15 is 0 Å². The van der Waals surface area contributed by atoms with E-state index in [9.17, 15) is 4.79 Å². The van der Waals surface area contributed by atoms with Gasteiger partial charge in [-0.15, -0.1) is 0 Å². The number of anilines is 1. The van der Waals surface area contributed by atoms with E-state index in [1.54, 1.807) is 18.3 Å². The zero-order chi connectivity index (χ0) is 18.4. The predicted molar refractivity (Wildman–Crippen MR) is 101 cm³/mol. The Morgan fingerprint density at radius 2 is 2.07 bits per heavy atom. The molecule has 0 spiro atoms. The summed E-state index contributed by atoms with van der Waals surface area (Å²) >= 11 is 0. The summed E-state index contributed by atoms with van der Waals surface area (Å²) < 4.78 is 1.94. The number of imidazole rings is 1. The topological polar surface area (TPSA) is 106 Å². The van der Waals surface area contributed by atoms with Crippen LogP contribution in [0.15, 0.2) is 41.7 Å². The summed E-state index contributed by atoms with van der Waals surface area (Å²) in [7, 11) is 0. The summed E-state index contributed by atoms with van der Waals surface area (Å²) in [4.78, 5) is 31.0. The number of rotatable bonds is 3.